The van der Waals surface area contributed by atoms with Crippen LogP contribution in [0.2, 0.25) is 0 Å². The number of rotatable bonds is 1. The van der Waals surface area contributed by atoms with Gasteiger partial charge in [-0.1, -0.05) is 22.0 Å². The SMILES string of the molecule is [2H]C([2H])(O)c1ccc(Br)c2cn(C)nc12. The highest BCUT2D eigenvalue weighted by molar-refractivity contribution is 9.10. The molecular formula is C9H9BrN2O. The molecule has 0 fully saturated rings. The van der Waals surface area contributed by atoms with Gasteiger partial charge in [0.25, 0.3) is 0 Å². The van der Waals surface area contributed by atoms with Gasteiger partial charge in [0.15, 0.2) is 0 Å². The van der Waals surface area contributed by atoms with Crippen LogP contribution in [0.15, 0.2) is 22.8 Å². The molecule has 1 heterocycles. The Morgan fingerprint density at radius 2 is 2.46 bits per heavy atom. The van der Waals surface area contributed by atoms with Gasteiger partial charge in [-0.05, 0) is 6.07 Å². The molecule has 0 saturated carbocycles. The van der Waals surface area contributed by atoms with Crippen LogP contribution in [0.25, 0.3) is 10.9 Å². The Labute approximate surface area is 86.9 Å². The predicted molar refractivity (Wildman–Crippen MR) is 54.3 cm³/mol. The molecule has 0 amide bonds. The molecular weight excluding hydrogens is 232 g/mol. The predicted octanol–water partition coefficient (Wildman–Crippen LogP) is 1.83. The van der Waals surface area contributed by atoms with Crippen molar-refractivity contribution in [1.82, 2.24) is 9.78 Å². The molecule has 3 nitrogen and oxygen atoms in total. The highest BCUT2D eigenvalue weighted by Gasteiger charge is 2.06. The lowest BCUT2D eigenvalue weighted by Crippen LogP contribution is -1.88. The molecule has 0 unspecified atom stereocenters. The molecule has 13 heavy (non-hydrogen) atoms. The van der Waals surface area contributed by atoms with Crippen LogP contribution in [-0.4, -0.2) is 14.9 Å². The Morgan fingerprint density at radius 3 is 3.15 bits per heavy atom. The fraction of sp³-hybridized carbons (Fsp3) is 0.222. The molecule has 0 aliphatic rings. The van der Waals surface area contributed by atoms with E-state index in [9.17, 15) is 5.11 Å². The Balaban J connectivity index is 2.83. The fourth-order valence-electron chi connectivity index (χ4n) is 1.28. The zero-order valence-electron chi connectivity index (χ0n) is 8.95. The van der Waals surface area contributed by atoms with Gasteiger partial charge in [0.2, 0.25) is 0 Å². The largest absolute Gasteiger partial charge is 0.392 e. The summed E-state index contributed by atoms with van der Waals surface area (Å²) in [5.41, 5.74) is 0.653. The number of hydrogen-bond donors (Lipinski definition) is 1. The Morgan fingerprint density at radius 1 is 1.69 bits per heavy atom. The van der Waals surface area contributed by atoms with Crippen molar-refractivity contribution < 1.29 is 7.85 Å². The first-order valence-electron chi connectivity index (χ1n) is 4.74. The van der Waals surface area contributed by atoms with Crippen LogP contribution >= 0.6 is 15.9 Å². The lowest BCUT2D eigenvalue weighted by atomic mass is 10.1. The smallest absolute Gasteiger partial charge is 0.0989 e. The van der Waals surface area contributed by atoms with Gasteiger partial charge in [-0.2, -0.15) is 5.10 Å². The van der Waals surface area contributed by atoms with E-state index in [1.54, 1.807) is 24.0 Å². The van der Waals surface area contributed by atoms with Crippen molar-refractivity contribution in [2.75, 3.05) is 0 Å². The van der Waals surface area contributed by atoms with E-state index in [0.717, 1.165) is 9.86 Å². The minimum atomic E-state index is -2.37. The van der Waals surface area contributed by atoms with Crippen LogP contribution in [-0.2, 0) is 13.6 Å². The van der Waals surface area contributed by atoms with Crippen LogP contribution in [0.4, 0.5) is 0 Å². The average Bonchev–Trinajstić information content (AvgIpc) is 2.45. The highest BCUT2D eigenvalue weighted by Crippen LogP contribution is 2.25. The van der Waals surface area contributed by atoms with E-state index < -0.39 is 6.56 Å². The third kappa shape index (κ3) is 1.36. The Hall–Kier alpha value is -0.870. The number of fused-ring (bicyclic) bond motifs is 1. The van der Waals surface area contributed by atoms with Gasteiger partial charge in [-0.3, -0.25) is 4.68 Å². The molecule has 0 spiro atoms. The molecule has 0 aliphatic carbocycles. The molecule has 0 saturated heterocycles. The van der Waals surface area contributed by atoms with Crippen molar-refractivity contribution in [3.8, 4) is 0 Å². The lowest BCUT2D eigenvalue weighted by Gasteiger charge is -1.97. The Bertz CT molecular complexity index is 519. The second-order valence-electron chi connectivity index (χ2n) is 2.77. The quantitative estimate of drug-likeness (QED) is 0.829. The van der Waals surface area contributed by atoms with Crippen molar-refractivity contribution in [3.63, 3.8) is 0 Å². The van der Waals surface area contributed by atoms with Crippen LogP contribution < -0.4 is 0 Å². The van der Waals surface area contributed by atoms with E-state index >= 15 is 0 Å². The fourth-order valence-corrected chi connectivity index (χ4v) is 1.70. The summed E-state index contributed by atoms with van der Waals surface area (Å²) in [5.74, 6) is 0. The number of benzene rings is 1. The summed E-state index contributed by atoms with van der Waals surface area (Å²) in [5, 5.41) is 14.3. The summed E-state index contributed by atoms with van der Waals surface area (Å²) in [7, 11) is 1.75. The third-order valence-corrected chi connectivity index (χ3v) is 2.55. The van der Waals surface area contributed by atoms with Gasteiger partial charge < -0.3 is 5.11 Å². The molecule has 2 rings (SSSR count). The van der Waals surface area contributed by atoms with E-state index in [4.69, 9.17) is 2.74 Å². The van der Waals surface area contributed by atoms with E-state index in [-0.39, 0.29) is 5.56 Å². The topological polar surface area (TPSA) is 38.0 Å². The summed E-state index contributed by atoms with van der Waals surface area (Å²) < 4.78 is 17.0. The molecule has 1 aromatic carbocycles. The molecule has 0 aliphatic heterocycles. The monoisotopic (exact) mass is 242 g/mol. The molecule has 2 aromatic rings. The van der Waals surface area contributed by atoms with Gasteiger partial charge in [0.1, 0.15) is 0 Å². The summed E-state index contributed by atoms with van der Waals surface area (Å²) in [6, 6.07) is 3.23. The zero-order chi connectivity index (χ0) is 11.2. The van der Waals surface area contributed by atoms with Gasteiger partial charge in [-0.15, -0.1) is 0 Å². The maximum Gasteiger partial charge on any atom is 0.0989 e. The minimum Gasteiger partial charge on any atom is -0.392 e. The summed E-state index contributed by atoms with van der Waals surface area (Å²) in [6.07, 6.45) is 1.77. The normalized spacial score (nSPS) is 14.4. The lowest BCUT2D eigenvalue weighted by molar-refractivity contribution is 0.283. The van der Waals surface area contributed by atoms with Crippen molar-refractivity contribution >= 4 is 26.8 Å². The van der Waals surface area contributed by atoms with Gasteiger partial charge in [0.05, 0.1) is 14.8 Å². The molecule has 0 bridgehead atoms. The molecule has 68 valence electrons. The van der Waals surface area contributed by atoms with Gasteiger partial charge >= 0.3 is 0 Å². The average molecular weight is 243 g/mol. The molecule has 1 aromatic heterocycles. The van der Waals surface area contributed by atoms with E-state index in [1.807, 2.05) is 0 Å². The number of aryl methyl sites for hydroxylation is 1. The van der Waals surface area contributed by atoms with E-state index in [0.29, 0.717) is 5.52 Å². The molecule has 0 radical (unpaired) electrons. The number of aliphatic hydroxyl groups is 1. The second-order valence-corrected chi connectivity index (χ2v) is 3.63. The van der Waals surface area contributed by atoms with Gasteiger partial charge in [0, 0.05) is 28.7 Å². The van der Waals surface area contributed by atoms with Crippen LogP contribution in [0.5, 0.6) is 0 Å². The summed E-state index contributed by atoms with van der Waals surface area (Å²) in [4.78, 5) is 0. The standard InChI is InChI=1S/C9H9BrN2O/c1-12-4-7-8(10)3-2-6(5-13)9(7)11-12/h2-4,13H,5H2,1H3/i5D2. The Kier molecular flexibility index (Phi) is 1.58. The minimum absolute atomic E-state index is 0.182. The van der Waals surface area contributed by atoms with Crippen LogP contribution in [0.1, 0.15) is 8.30 Å². The van der Waals surface area contributed by atoms with Crippen LogP contribution in [0, 0.1) is 0 Å². The van der Waals surface area contributed by atoms with Gasteiger partial charge in [-0.25, -0.2) is 0 Å². The number of hydrogen-bond acceptors (Lipinski definition) is 2. The first-order chi connectivity index (χ1) is 6.89. The summed E-state index contributed by atoms with van der Waals surface area (Å²) >= 11 is 3.35. The van der Waals surface area contributed by atoms with Crippen molar-refractivity contribution in [2.24, 2.45) is 7.05 Å². The van der Waals surface area contributed by atoms with E-state index in [1.165, 1.54) is 6.07 Å². The second kappa shape index (κ2) is 3.12. The summed E-state index contributed by atoms with van der Waals surface area (Å²) in [6.45, 7) is -2.37. The maximum atomic E-state index is 9.36. The number of nitrogens with zero attached hydrogens (tertiary/aromatic N) is 2. The molecule has 1 N–H and O–H groups in total. The number of halogens is 1. The van der Waals surface area contributed by atoms with Crippen molar-refractivity contribution in [1.29, 1.82) is 0 Å². The zero-order valence-corrected chi connectivity index (χ0v) is 8.54. The molecule has 0 atom stereocenters. The van der Waals surface area contributed by atoms with Crippen molar-refractivity contribution in [3.05, 3.63) is 28.4 Å². The first kappa shape index (κ1) is 6.56. The number of aromatic nitrogens is 2. The molecule has 4 heteroatoms. The maximum absolute atomic E-state index is 9.36. The first-order valence-corrected chi connectivity index (χ1v) is 4.53. The van der Waals surface area contributed by atoms with Crippen LogP contribution in [0.3, 0.4) is 0 Å². The highest BCUT2D eigenvalue weighted by atomic mass is 79.9. The third-order valence-electron chi connectivity index (χ3n) is 1.86. The van der Waals surface area contributed by atoms with E-state index in [2.05, 4.69) is 21.0 Å². The van der Waals surface area contributed by atoms with Crippen molar-refractivity contribution in [2.45, 2.75) is 6.56 Å².